The molecule has 43 heavy (non-hydrogen) atoms. The Bertz CT molecular complexity index is 1520. The van der Waals surface area contributed by atoms with Crippen molar-refractivity contribution in [3.05, 3.63) is 82.9 Å². The zero-order valence-corrected chi connectivity index (χ0v) is 25.2. The van der Waals surface area contributed by atoms with Gasteiger partial charge in [-0.1, -0.05) is 62.7 Å². The minimum absolute atomic E-state index is 0.0412. The number of hydrogen-bond acceptors (Lipinski definition) is 6. The van der Waals surface area contributed by atoms with Crippen molar-refractivity contribution in [3.8, 4) is 0 Å². The van der Waals surface area contributed by atoms with Gasteiger partial charge in [-0.05, 0) is 62.9 Å². The molecule has 0 amide bonds. The monoisotopic (exact) mass is 596 g/mol. The Labute approximate surface area is 250 Å². The van der Waals surface area contributed by atoms with E-state index < -0.39 is 17.7 Å². The first-order valence-corrected chi connectivity index (χ1v) is 14.7. The highest BCUT2D eigenvalue weighted by Crippen LogP contribution is 2.34. The summed E-state index contributed by atoms with van der Waals surface area (Å²) in [5.41, 5.74) is 1.77. The molecule has 230 valence electrons. The largest absolute Gasteiger partial charge is 0.475 e. The number of alkyl halides is 3. The number of carbonyl (C=O) groups is 1. The van der Waals surface area contributed by atoms with Crippen molar-refractivity contribution in [1.82, 2.24) is 24.4 Å². The second-order valence-corrected chi connectivity index (χ2v) is 10.8. The molecule has 8 nitrogen and oxygen atoms in total. The van der Waals surface area contributed by atoms with Crippen LogP contribution in [0.4, 0.5) is 19.0 Å². The summed E-state index contributed by atoms with van der Waals surface area (Å²) >= 11 is 0. The van der Waals surface area contributed by atoms with Gasteiger partial charge in [0.15, 0.2) is 11.5 Å². The van der Waals surface area contributed by atoms with Crippen LogP contribution in [0.3, 0.4) is 0 Å². The van der Waals surface area contributed by atoms with Gasteiger partial charge >= 0.3 is 12.1 Å². The molecule has 2 atom stereocenters. The fourth-order valence-electron chi connectivity index (χ4n) is 5.19. The van der Waals surface area contributed by atoms with Crippen LogP contribution in [-0.2, 0) is 19.3 Å². The van der Waals surface area contributed by atoms with E-state index in [0.717, 1.165) is 37.0 Å². The van der Waals surface area contributed by atoms with E-state index in [4.69, 9.17) is 4.98 Å². The number of carboxylic acid groups (broad SMARTS) is 1. The van der Waals surface area contributed by atoms with Gasteiger partial charge < -0.3 is 15.0 Å². The number of halogens is 3. The molecule has 2 N–H and O–H groups in total. The van der Waals surface area contributed by atoms with Crippen LogP contribution in [0.1, 0.15) is 86.1 Å². The van der Waals surface area contributed by atoms with Crippen LogP contribution in [0.2, 0.25) is 0 Å². The zero-order chi connectivity index (χ0) is 31.3. The number of hydrogen-bond donors (Lipinski definition) is 2. The number of aromatic nitrogens is 4. The van der Waals surface area contributed by atoms with E-state index >= 15 is 0 Å². The number of carboxylic acids is 1. The second kappa shape index (κ2) is 13.5. The highest BCUT2D eigenvalue weighted by molar-refractivity contribution is 5.90. The Morgan fingerprint density at radius 3 is 2.23 bits per heavy atom. The molecule has 0 radical (unpaired) electrons. The third kappa shape index (κ3) is 7.33. The summed E-state index contributed by atoms with van der Waals surface area (Å²) in [6.07, 6.45) is -1.13. The van der Waals surface area contributed by atoms with E-state index in [1.165, 1.54) is 12.1 Å². The maximum Gasteiger partial charge on any atom is 0.416 e. The van der Waals surface area contributed by atoms with Crippen LogP contribution in [0.5, 0.6) is 0 Å². The molecule has 11 heteroatoms. The lowest BCUT2D eigenvalue weighted by atomic mass is 9.80. The Kier molecular flexibility index (Phi) is 10.1. The van der Waals surface area contributed by atoms with Crippen molar-refractivity contribution < 1.29 is 23.1 Å². The molecule has 0 saturated heterocycles. The number of nitrogens with one attached hydrogen (secondary N) is 1. The van der Waals surface area contributed by atoms with Gasteiger partial charge in [0.1, 0.15) is 11.3 Å². The molecule has 2 heterocycles. The lowest BCUT2D eigenvalue weighted by Crippen LogP contribution is -2.31. The van der Waals surface area contributed by atoms with E-state index in [1.54, 1.807) is 0 Å². The Morgan fingerprint density at radius 2 is 1.67 bits per heavy atom. The number of anilines is 1. The number of fused-ring (bicyclic) bond motifs is 1. The van der Waals surface area contributed by atoms with Gasteiger partial charge in [0.25, 0.3) is 0 Å². The first kappa shape index (κ1) is 31.9. The zero-order valence-electron chi connectivity index (χ0n) is 25.2. The second-order valence-electron chi connectivity index (χ2n) is 10.8. The molecular weight excluding hydrogens is 557 g/mol. The van der Waals surface area contributed by atoms with Crippen molar-refractivity contribution >= 4 is 23.0 Å². The van der Waals surface area contributed by atoms with Crippen molar-refractivity contribution in [2.75, 3.05) is 12.4 Å². The van der Waals surface area contributed by atoms with Crippen molar-refractivity contribution in [3.63, 3.8) is 0 Å². The predicted molar refractivity (Wildman–Crippen MR) is 161 cm³/mol. The van der Waals surface area contributed by atoms with Crippen LogP contribution >= 0.6 is 0 Å². The van der Waals surface area contributed by atoms with Gasteiger partial charge in [0, 0.05) is 19.1 Å². The lowest BCUT2D eigenvalue weighted by molar-refractivity contribution is -0.137. The van der Waals surface area contributed by atoms with E-state index in [0.29, 0.717) is 35.2 Å². The van der Waals surface area contributed by atoms with Gasteiger partial charge in [-0.15, -0.1) is 0 Å². The summed E-state index contributed by atoms with van der Waals surface area (Å²) in [4.78, 5) is 27.5. The Morgan fingerprint density at radius 1 is 1.02 bits per heavy atom. The van der Waals surface area contributed by atoms with E-state index in [1.807, 2.05) is 69.6 Å². The average molecular weight is 597 g/mol. The number of nitrogens with zero attached hydrogens (tertiary/aromatic N) is 5. The van der Waals surface area contributed by atoms with Gasteiger partial charge in [-0.2, -0.15) is 13.2 Å². The minimum Gasteiger partial charge on any atom is -0.475 e. The molecule has 0 aliphatic heterocycles. The molecule has 2 unspecified atom stereocenters. The highest BCUT2D eigenvalue weighted by Gasteiger charge is 2.31. The molecule has 1 aliphatic rings. The normalized spacial score (nSPS) is 15.0. The molecule has 1 aliphatic carbocycles. The molecule has 0 spiro atoms. The molecule has 1 saturated carbocycles. The molecule has 2 aromatic heterocycles. The topological polar surface area (TPSA) is 96.2 Å². The summed E-state index contributed by atoms with van der Waals surface area (Å²) in [6, 6.07) is 14.8. The van der Waals surface area contributed by atoms with Crippen LogP contribution in [-0.4, -0.2) is 48.6 Å². The molecule has 4 aromatic rings. The van der Waals surface area contributed by atoms with Gasteiger partial charge in [-0.25, -0.2) is 19.7 Å². The highest BCUT2D eigenvalue weighted by atomic mass is 19.4. The Balaban J connectivity index is 0.00000207. The quantitative estimate of drug-likeness (QED) is 0.197. The summed E-state index contributed by atoms with van der Waals surface area (Å²) in [5.74, 6) is -0.226. The molecule has 0 bridgehead atoms. The standard InChI is InChI=1S/C30H33F3N6O2.C2H6/c1-18(22-10-7-11-22)34-25-24-26(36-27(35-25)29(40)41)37-28(19(2)38(3)16-20-8-5-4-6-9-20)39(24)17-21-12-14-23(15-13-21)30(31,32)33;1-2/h4-6,8-9,12-15,18-19,22H,7,10-11,16-17H2,1-3H3,(H,40,41)(H,34,35,36);1-2H3. The van der Waals surface area contributed by atoms with Crippen molar-refractivity contribution in [1.29, 1.82) is 0 Å². The first-order chi connectivity index (χ1) is 20.5. The van der Waals surface area contributed by atoms with Crippen LogP contribution in [0, 0.1) is 5.92 Å². The number of aromatic carboxylic acids is 1. The van der Waals surface area contributed by atoms with E-state index in [-0.39, 0.29) is 30.1 Å². The Hall–Kier alpha value is -3.99. The van der Waals surface area contributed by atoms with Gasteiger partial charge in [0.2, 0.25) is 5.82 Å². The maximum atomic E-state index is 13.2. The number of rotatable bonds is 10. The summed E-state index contributed by atoms with van der Waals surface area (Å²) < 4.78 is 41.6. The van der Waals surface area contributed by atoms with Gasteiger partial charge in [0.05, 0.1) is 11.6 Å². The number of benzene rings is 2. The predicted octanol–water partition coefficient (Wildman–Crippen LogP) is 7.41. The third-order valence-electron chi connectivity index (χ3n) is 7.98. The first-order valence-electron chi connectivity index (χ1n) is 14.7. The van der Waals surface area contributed by atoms with Crippen LogP contribution in [0.15, 0.2) is 54.6 Å². The number of imidazole rings is 1. The maximum absolute atomic E-state index is 13.2. The summed E-state index contributed by atoms with van der Waals surface area (Å²) in [7, 11) is 1.96. The van der Waals surface area contributed by atoms with Crippen molar-refractivity contribution in [2.45, 2.75) is 78.3 Å². The molecule has 2 aromatic carbocycles. The van der Waals surface area contributed by atoms with Gasteiger partial charge in [-0.3, -0.25) is 4.90 Å². The van der Waals surface area contributed by atoms with Crippen LogP contribution < -0.4 is 5.32 Å². The average Bonchev–Trinajstić information content (AvgIpc) is 3.31. The van der Waals surface area contributed by atoms with Crippen molar-refractivity contribution in [2.24, 2.45) is 5.92 Å². The smallest absolute Gasteiger partial charge is 0.416 e. The van der Waals surface area contributed by atoms with E-state index in [2.05, 4.69) is 20.2 Å². The SMILES string of the molecule is CC.CC(Nc1nc(C(=O)O)nc2nc(C(C)N(C)Cc3ccccc3)n(Cc3ccc(C(F)(F)F)cc3)c12)C1CCC1. The van der Waals surface area contributed by atoms with Crippen LogP contribution in [0.25, 0.3) is 11.2 Å². The summed E-state index contributed by atoms with van der Waals surface area (Å²) in [5, 5.41) is 13.2. The lowest BCUT2D eigenvalue weighted by Gasteiger charge is -2.32. The fourth-order valence-corrected chi connectivity index (χ4v) is 5.19. The molecule has 5 rings (SSSR count). The van der Waals surface area contributed by atoms with E-state index in [9.17, 15) is 23.1 Å². The molecule has 1 fully saturated rings. The fraction of sp³-hybridized carbons (Fsp3) is 0.438. The summed E-state index contributed by atoms with van der Waals surface area (Å²) in [6.45, 7) is 8.87. The molecular formula is C32H39F3N6O2. The minimum atomic E-state index is -4.43. The third-order valence-corrected chi connectivity index (χ3v) is 7.98.